The van der Waals surface area contributed by atoms with E-state index in [9.17, 15) is 9.59 Å². The number of hydrogen-bond acceptors (Lipinski definition) is 3. The zero-order valence-corrected chi connectivity index (χ0v) is 15.5. The van der Waals surface area contributed by atoms with Crippen molar-refractivity contribution >= 4 is 22.7 Å². The van der Waals surface area contributed by atoms with Crippen LogP contribution in [0, 0.1) is 0 Å². The number of hydrogen-bond donors (Lipinski definition) is 0. The number of carbonyl (C=O) groups is 2. The molecule has 1 aliphatic heterocycles. The zero-order chi connectivity index (χ0) is 19.0. The van der Waals surface area contributed by atoms with Crippen LogP contribution in [-0.2, 0) is 11.3 Å². The van der Waals surface area contributed by atoms with E-state index >= 15 is 0 Å². The Bertz CT molecular complexity index is 1010. The molecule has 0 saturated carbocycles. The van der Waals surface area contributed by atoms with Gasteiger partial charge in [-0.2, -0.15) is 0 Å². The molecule has 0 spiro atoms. The van der Waals surface area contributed by atoms with Crippen LogP contribution in [0.2, 0.25) is 0 Å². The maximum absolute atomic E-state index is 13.4. The molecule has 138 valence electrons. The average molecular weight is 362 g/mol. The number of fused-ring (bicyclic) bond motifs is 1. The molecule has 1 aliphatic rings. The number of ether oxygens (including phenoxy) is 1. The number of rotatable bonds is 4. The fraction of sp³-hybridized carbons (Fsp3) is 0.273. The molecule has 2 aromatic carbocycles. The Labute approximate surface area is 158 Å². The third-order valence-electron chi connectivity index (χ3n) is 5.50. The van der Waals surface area contributed by atoms with Crippen LogP contribution < -0.4 is 4.74 Å². The van der Waals surface area contributed by atoms with E-state index in [2.05, 4.69) is 0 Å². The molecule has 3 aromatic rings. The van der Waals surface area contributed by atoms with Gasteiger partial charge in [0.25, 0.3) is 5.91 Å². The van der Waals surface area contributed by atoms with Gasteiger partial charge in [0, 0.05) is 24.5 Å². The Morgan fingerprint density at radius 1 is 1.11 bits per heavy atom. The van der Waals surface area contributed by atoms with E-state index in [1.54, 1.807) is 22.8 Å². The van der Waals surface area contributed by atoms with E-state index in [1.807, 2.05) is 61.5 Å². The Morgan fingerprint density at radius 2 is 1.85 bits per heavy atom. The Morgan fingerprint density at radius 3 is 2.59 bits per heavy atom. The minimum absolute atomic E-state index is 0.0122. The predicted molar refractivity (Wildman–Crippen MR) is 104 cm³/mol. The van der Waals surface area contributed by atoms with Crippen LogP contribution in [0.1, 0.15) is 30.1 Å². The van der Waals surface area contributed by atoms with E-state index in [4.69, 9.17) is 4.74 Å². The van der Waals surface area contributed by atoms with Gasteiger partial charge in [0.15, 0.2) is 0 Å². The van der Waals surface area contributed by atoms with Gasteiger partial charge in [-0.05, 0) is 43.2 Å². The molecule has 4 rings (SSSR count). The molecule has 1 saturated heterocycles. The van der Waals surface area contributed by atoms with Crippen molar-refractivity contribution in [3.8, 4) is 5.75 Å². The first-order valence-corrected chi connectivity index (χ1v) is 9.07. The Kier molecular flexibility index (Phi) is 4.22. The highest BCUT2D eigenvalue weighted by molar-refractivity contribution is 6.00. The summed E-state index contributed by atoms with van der Waals surface area (Å²) in [5, 5.41) is 1.01. The second kappa shape index (κ2) is 6.58. The lowest BCUT2D eigenvalue weighted by molar-refractivity contribution is -0.130. The largest absolute Gasteiger partial charge is 0.497 e. The van der Waals surface area contributed by atoms with Gasteiger partial charge in [0.2, 0.25) is 5.91 Å². The number of likely N-dealkylation sites (tertiary alicyclic amines) is 1. The van der Waals surface area contributed by atoms with Crippen molar-refractivity contribution in [3.63, 3.8) is 0 Å². The molecule has 0 N–H and O–H groups in total. The van der Waals surface area contributed by atoms with Gasteiger partial charge in [-0.25, -0.2) is 0 Å². The number of amides is 1. The van der Waals surface area contributed by atoms with Gasteiger partial charge >= 0.3 is 0 Å². The number of nitrogens with zero attached hydrogens (tertiary/aromatic N) is 2. The second-order valence-corrected chi connectivity index (χ2v) is 7.15. The molecule has 1 fully saturated rings. The summed E-state index contributed by atoms with van der Waals surface area (Å²) in [5.74, 6) is 0.713. The molecular weight excluding hydrogens is 340 g/mol. The van der Waals surface area contributed by atoms with Crippen molar-refractivity contribution in [1.82, 2.24) is 9.47 Å². The number of methoxy groups -OCH3 is 1. The van der Waals surface area contributed by atoms with E-state index < -0.39 is 5.54 Å². The number of para-hydroxylation sites is 1. The van der Waals surface area contributed by atoms with Gasteiger partial charge in [-0.15, -0.1) is 0 Å². The first-order valence-electron chi connectivity index (χ1n) is 9.07. The summed E-state index contributed by atoms with van der Waals surface area (Å²) in [7, 11) is 1.62. The van der Waals surface area contributed by atoms with Crippen LogP contribution in [0.3, 0.4) is 0 Å². The highest BCUT2D eigenvalue weighted by atomic mass is 16.5. The predicted octanol–water partition coefficient (Wildman–Crippen LogP) is 3.87. The molecule has 5 nitrogen and oxygen atoms in total. The van der Waals surface area contributed by atoms with Gasteiger partial charge in [0.05, 0.1) is 12.6 Å². The van der Waals surface area contributed by atoms with Crippen LogP contribution in [0.25, 0.3) is 10.9 Å². The van der Waals surface area contributed by atoms with Crippen LogP contribution in [-0.4, -0.2) is 33.9 Å². The lowest BCUT2D eigenvalue weighted by Crippen LogP contribution is -2.51. The quantitative estimate of drug-likeness (QED) is 0.708. The molecule has 0 bridgehead atoms. The van der Waals surface area contributed by atoms with Gasteiger partial charge in [-0.1, -0.05) is 30.3 Å². The maximum Gasteiger partial charge on any atom is 0.256 e. The van der Waals surface area contributed by atoms with Crippen molar-refractivity contribution in [1.29, 1.82) is 0 Å². The van der Waals surface area contributed by atoms with E-state index in [0.717, 1.165) is 22.2 Å². The van der Waals surface area contributed by atoms with E-state index in [0.29, 0.717) is 19.4 Å². The summed E-state index contributed by atoms with van der Waals surface area (Å²) in [6, 6.07) is 17.3. The van der Waals surface area contributed by atoms with E-state index in [-0.39, 0.29) is 11.8 Å². The monoisotopic (exact) mass is 362 g/mol. The molecule has 27 heavy (non-hydrogen) atoms. The fourth-order valence-electron chi connectivity index (χ4n) is 3.81. The lowest BCUT2D eigenvalue weighted by Gasteiger charge is -2.34. The average Bonchev–Trinajstić information content (AvgIpc) is 3.25. The number of benzene rings is 2. The molecule has 2 heterocycles. The topological polar surface area (TPSA) is 51.5 Å². The summed E-state index contributed by atoms with van der Waals surface area (Å²) in [6.07, 6.45) is 2.71. The van der Waals surface area contributed by atoms with Crippen molar-refractivity contribution in [3.05, 3.63) is 66.4 Å². The van der Waals surface area contributed by atoms with Crippen molar-refractivity contribution < 1.29 is 14.3 Å². The second-order valence-electron chi connectivity index (χ2n) is 7.15. The van der Waals surface area contributed by atoms with Crippen LogP contribution in [0.5, 0.6) is 5.75 Å². The first kappa shape index (κ1) is 17.3. The lowest BCUT2D eigenvalue weighted by atomic mass is 9.96. The van der Waals surface area contributed by atoms with Crippen LogP contribution in [0.4, 0.5) is 0 Å². The molecule has 1 amide bonds. The third-order valence-corrected chi connectivity index (χ3v) is 5.50. The Hall–Kier alpha value is -3.08. The minimum atomic E-state index is -0.862. The summed E-state index contributed by atoms with van der Waals surface area (Å²) < 4.78 is 6.87. The molecule has 1 atom stereocenters. The zero-order valence-electron chi connectivity index (χ0n) is 15.5. The fourth-order valence-corrected chi connectivity index (χ4v) is 3.81. The SMILES string of the molecule is COc1ccc(CN2C(=O)CCC2(C)C(=O)n2ccc3ccccc32)cc1. The normalized spacial score (nSPS) is 19.6. The number of aromatic nitrogens is 1. The summed E-state index contributed by atoms with van der Waals surface area (Å²) >= 11 is 0. The molecule has 1 aromatic heterocycles. The van der Waals surface area contributed by atoms with Crippen LogP contribution in [0.15, 0.2) is 60.8 Å². The smallest absolute Gasteiger partial charge is 0.256 e. The summed E-state index contributed by atoms with van der Waals surface area (Å²) in [4.78, 5) is 27.7. The maximum atomic E-state index is 13.4. The van der Waals surface area contributed by atoms with Crippen molar-refractivity contribution in [2.24, 2.45) is 0 Å². The highest BCUT2D eigenvalue weighted by Gasteiger charge is 2.47. The van der Waals surface area contributed by atoms with Crippen molar-refractivity contribution in [2.75, 3.05) is 7.11 Å². The third kappa shape index (κ3) is 2.89. The summed E-state index contributed by atoms with van der Waals surface area (Å²) in [6.45, 7) is 2.28. The van der Waals surface area contributed by atoms with Crippen molar-refractivity contribution in [2.45, 2.75) is 31.8 Å². The molecule has 0 aliphatic carbocycles. The van der Waals surface area contributed by atoms with Crippen LogP contribution >= 0.6 is 0 Å². The van der Waals surface area contributed by atoms with Gasteiger partial charge in [-0.3, -0.25) is 14.2 Å². The molecule has 5 heteroatoms. The summed E-state index contributed by atoms with van der Waals surface area (Å²) in [5.41, 5.74) is 0.980. The van der Waals surface area contributed by atoms with Gasteiger partial charge in [0.1, 0.15) is 11.3 Å². The van der Waals surface area contributed by atoms with E-state index in [1.165, 1.54) is 0 Å². The first-order chi connectivity index (χ1) is 13.0. The molecule has 0 radical (unpaired) electrons. The Balaban J connectivity index is 1.66. The van der Waals surface area contributed by atoms with Gasteiger partial charge < -0.3 is 9.64 Å². The molecular formula is C22H22N2O3. The minimum Gasteiger partial charge on any atom is -0.497 e. The molecule has 1 unspecified atom stereocenters. The number of carbonyl (C=O) groups excluding carboxylic acids is 2. The standard InChI is InChI=1S/C22H22N2O3/c1-22(21(26)23-14-12-17-5-3-4-6-19(17)23)13-11-20(25)24(22)15-16-7-9-18(27-2)10-8-16/h3-10,12,14H,11,13,15H2,1-2H3. The highest BCUT2D eigenvalue weighted by Crippen LogP contribution is 2.34.